The molecule has 6 heteroatoms. The second kappa shape index (κ2) is 8.31. The average Bonchev–Trinajstić information content (AvgIpc) is 2.46. The van der Waals surface area contributed by atoms with Gasteiger partial charge in [-0.1, -0.05) is 36.9 Å². The molecule has 0 atom stereocenters. The van der Waals surface area contributed by atoms with Crippen LogP contribution in [0.15, 0.2) is 61.4 Å². The van der Waals surface area contributed by atoms with E-state index >= 15 is 0 Å². The zero-order chi connectivity index (χ0) is 16.6. The second-order valence-electron chi connectivity index (χ2n) is 4.69. The Labute approximate surface area is 131 Å². The van der Waals surface area contributed by atoms with Gasteiger partial charge in [0.25, 0.3) is 10.1 Å². The maximum Gasteiger partial charge on any atom is 0.261 e. The van der Waals surface area contributed by atoms with Crippen molar-refractivity contribution < 1.29 is 13.0 Å². The minimum atomic E-state index is -3.67. The summed E-state index contributed by atoms with van der Waals surface area (Å²) in [6, 6.07) is 14.4. The highest BCUT2D eigenvalue weighted by molar-refractivity contribution is 7.85. The highest BCUT2D eigenvalue weighted by Crippen LogP contribution is 2.15. The van der Waals surface area contributed by atoms with E-state index in [4.69, 9.17) is 4.55 Å². The molecule has 0 amide bonds. The zero-order valence-corrected chi connectivity index (χ0v) is 13.5. The molecule has 0 saturated carbocycles. The predicted molar refractivity (Wildman–Crippen MR) is 89.6 cm³/mol. The van der Waals surface area contributed by atoms with E-state index in [0.29, 0.717) is 6.26 Å². The first-order chi connectivity index (χ1) is 10.3. The Kier molecular flexibility index (Phi) is 6.75. The summed E-state index contributed by atoms with van der Waals surface area (Å²) in [6.45, 7) is 3.76. The van der Waals surface area contributed by atoms with E-state index < -0.39 is 10.1 Å². The SMILES string of the molecule is C=CN(C)c1ccnc(Cc2ccccc2)c1.CS(=O)(=O)O. The van der Waals surface area contributed by atoms with E-state index in [1.807, 2.05) is 30.3 Å². The quantitative estimate of drug-likeness (QED) is 0.877. The first-order valence-electron chi connectivity index (χ1n) is 6.56. The summed E-state index contributed by atoms with van der Waals surface area (Å²) in [5.41, 5.74) is 3.46. The van der Waals surface area contributed by atoms with Crippen LogP contribution in [-0.4, -0.2) is 31.3 Å². The van der Waals surface area contributed by atoms with Gasteiger partial charge in [0.2, 0.25) is 0 Å². The van der Waals surface area contributed by atoms with Crippen LogP contribution in [0.1, 0.15) is 11.3 Å². The summed E-state index contributed by atoms with van der Waals surface area (Å²) in [5, 5.41) is 0. The van der Waals surface area contributed by atoms with Crippen molar-refractivity contribution in [3.63, 3.8) is 0 Å². The summed E-state index contributed by atoms with van der Waals surface area (Å²) < 4.78 is 25.9. The molecule has 0 saturated heterocycles. The molecule has 118 valence electrons. The van der Waals surface area contributed by atoms with Crippen molar-refractivity contribution in [3.8, 4) is 0 Å². The Balaban J connectivity index is 0.000000422. The number of rotatable bonds is 4. The minimum Gasteiger partial charge on any atom is -0.352 e. The molecule has 0 bridgehead atoms. The molecule has 1 heterocycles. The number of aromatic nitrogens is 1. The van der Waals surface area contributed by atoms with E-state index in [-0.39, 0.29) is 0 Å². The van der Waals surface area contributed by atoms with E-state index in [0.717, 1.165) is 17.8 Å². The third-order valence-corrected chi connectivity index (χ3v) is 2.71. The Morgan fingerprint density at radius 3 is 2.41 bits per heavy atom. The number of hydrogen-bond donors (Lipinski definition) is 1. The standard InChI is InChI=1S/C15H16N2.CH4O3S/c1-3-17(2)15-9-10-16-14(12-15)11-13-7-5-4-6-8-13;1-5(2,3)4/h3-10,12H,1,11H2,2H3;1H3,(H,2,3,4). The minimum absolute atomic E-state index is 0.715. The van der Waals surface area contributed by atoms with E-state index in [1.165, 1.54) is 5.56 Å². The van der Waals surface area contributed by atoms with Crippen LogP contribution in [0.4, 0.5) is 5.69 Å². The molecule has 0 aliphatic heterocycles. The Morgan fingerprint density at radius 1 is 1.27 bits per heavy atom. The first kappa shape index (κ1) is 17.9. The third kappa shape index (κ3) is 7.56. The molecule has 0 spiro atoms. The van der Waals surface area contributed by atoms with Gasteiger partial charge in [-0.3, -0.25) is 9.54 Å². The largest absolute Gasteiger partial charge is 0.352 e. The van der Waals surface area contributed by atoms with Gasteiger partial charge in [0.1, 0.15) is 0 Å². The molecule has 2 aromatic rings. The van der Waals surface area contributed by atoms with Crippen LogP contribution in [0, 0.1) is 0 Å². The van der Waals surface area contributed by atoms with Crippen molar-refractivity contribution >= 4 is 15.8 Å². The lowest BCUT2D eigenvalue weighted by molar-refractivity contribution is 0.490. The van der Waals surface area contributed by atoms with Crippen LogP contribution < -0.4 is 4.90 Å². The fraction of sp³-hybridized carbons (Fsp3) is 0.188. The Bertz CT molecular complexity index is 692. The number of pyridine rings is 1. The van der Waals surface area contributed by atoms with Gasteiger partial charge < -0.3 is 4.90 Å². The fourth-order valence-corrected chi connectivity index (χ4v) is 1.69. The van der Waals surface area contributed by atoms with Gasteiger partial charge >= 0.3 is 0 Å². The molecule has 1 aromatic carbocycles. The second-order valence-corrected chi connectivity index (χ2v) is 6.16. The predicted octanol–water partition coefficient (Wildman–Crippen LogP) is 2.76. The van der Waals surface area contributed by atoms with E-state index in [2.05, 4.69) is 41.9 Å². The molecule has 22 heavy (non-hydrogen) atoms. The average molecular weight is 320 g/mol. The Morgan fingerprint density at radius 2 is 1.86 bits per heavy atom. The van der Waals surface area contributed by atoms with E-state index in [9.17, 15) is 8.42 Å². The highest BCUT2D eigenvalue weighted by Gasteiger charge is 2.01. The lowest BCUT2D eigenvalue weighted by Gasteiger charge is -2.14. The number of nitrogens with zero attached hydrogens (tertiary/aromatic N) is 2. The summed E-state index contributed by atoms with van der Waals surface area (Å²) in [6.07, 6.45) is 5.21. The number of anilines is 1. The molecule has 5 nitrogen and oxygen atoms in total. The first-order valence-corrected chi connectivity index (χ1v) is 8.41. The van der Waals surface area contributed by atoms with Gasteiger partial charge in [-0.25, -0.2) is 0 Å². The van der Waals surface area contributed by atoms with Gasteiger partial charge in [-0.05, 0) is 23.9 Å². The van der Waals surface area contributed by atoms with Crippen LogP contribution in [0.25, 0.3) is 0 Å². The van der Waals surface area contributed by atoms with Crippen LogP contribution in [0.5, 0.6) is 0 Å². The number of hydrogen-bond acceptors (Lipinski definition) is 4. The summed E-state index contributed by atoms with van der Waals surface area (Å²) in [4.78, 5) is 6.37. The van der Waals surface area contributed by atoms with E-state index in [1.54, 1.807) is 6.20 Å². The molecular formula is C16H20N2O3S. The monoisotopic (exact) mass is 320 g/mol. The normalized spacial score (nSPS) is 10.3. The molecule has 0 aliphatic carbocycles. The van der Waals surface area contributed by atoms with Crippen molar-refractivity contribution in [2.24, 2.45) is 0 Å². The fourth-order valence-electron chi connectivity index (χ4n) is 1.69. The molecular weight excluding hydrogens is 300 g/mol. The summed E-state index contributed by atoms with van der Waals surface area (Å²) >= 11 is 0. The smallest absolute Gasteiger partial charge is 0.261 e. The maximum absolute atomic E-state index is 9.19. The highest BCUT2D eigenvalue weighted by atomic mass is 32.2. The van der Waals surface area contributed by atoms with Crippen LogP contribution in [0.2, 0.25) is 0 Å². The van der Waals surface area contributed by atoms with Crippen molar-refractivity contribution in [2.45, 2.75) is 6.42 Å². The lowest BCUT2D eigenvalue weighted by Crippen LogP contribution is -2.07. The maximum atomic E-state index is 9.19. The topological polar surface area (TPSA) is 70.5 Å². The van der Waals surface area contributed by atoms with Gasteiger partial charge in [0, 0.05) is 31.0 Å². The molecule has 0 unspecified atom stereocenters. The van der Waals surface area contributed by atoms with Crippen molar-refractivity contribution in [3.05, 3.63) is 72.7 Å². The van der Waals surface area contributed by atoms with Gasteiger partial charge in [-0.15, -0.1) is 0 Å². The molecule has 0 aliphatic rings. The van der Waals surface area contributed by atoms with Gasteiger partial charge in [0.05, 0.1) is 6.26 Å². The van der Waals surface area contributed by atoms with Gasteiger partial charge in [-0.2, -0.15) is 8.42 Å². The summed E-state index contributed by atoms with van der Waals surface area (Å²) in [7, 11) is -1.69. The third-order valence-electron chi connectivity index (χ3n) is 2.71. The van der Waals surface area contributed by atoms with Crippen LogP contribution in [-0.2, 0) is 16.5 Å². The van der Waals surface area contributed by atoms with Crippen molar-refractivity contribution in [2.75, 3.05) is 18.2 Å². The lowest BCUT2D eigenvalue weighted by atomic mass is 10.1. The molecule has 2 rings (SSSR count). The summed E-state index contributed by atoms with van der Waals surface area (Å²) in [5.74, 6) is 0. The van der Waals surface area contributed by atoms with Crippen molar-refractivity contribution in [1.29, 1.82) is 0 Å². The van der Waals surface area contributed by atoms with Gasteiger partial charge in [0.15, 0.2) is 0 Å². The molecule has 0 fully saturated rings. The molecule has 1 N–H and O–H groups in total. The van der Waals surface area contributed by atoms with Crippen molar-refractivity contribution in [1.82, 2.24) is 4.98 Å². The number of benzene rings is 1. The van der Waals surface area contributed by atoms with Crippen LogP contribution >= 0.6 is 0 Å². The Hall–Kier alpha value is -2.18. The molecule has 0 radical (unpaired) electrons. The molecule has 1 aromatic heterocycles. The zero-order valence-electron chi connectivity index (χ0n) is 12.7. The van der Waals surface area contributed by atoms with Crippen LogP contribution in [0.3, 0.4) is 0 Å².